The first-order valence-electron chi connectivity index (χ1n) is 6.59. The van der Waals surface area contributed by atoms with Crippen molar-refractivity contribution in [1.29, 1.82) is 0 Å². The van der Waals surface area contributed by atoms with Crippen LogP contribution in [0.2, 0.25) is 23.2 Å². The van der Waals surface area contributed by atoms with Crippen molar-refractivity contribution < 1.29 is 4.43 Å². The van der Waals surface area contributed by atoms with Gasteiger partial charge in [-0.15, -0.1) is 0 Å². The molecule has 2 aromatic rings. The quantitative estimate of drug-likeness (QED) is 0.628. The molecule has 0 aliphatic rings. The van der Waals surface area contributed by atoms with E-state index in [1.54, 1.807) is 0 Å². The van der Waals surface area contributed by atoms with E-state index >= 15 is 0 Å². The van der Waals surface area contributed by atoms with Gasteiger partial charge in [-0.1, -0.05) is 56.6 Å². The van der Waals surface area contributed by atoms with Crippen molar-refractivity contribution in [2.45, 2.75) is 38.9 Å². The molecule has 0 atom stereocenters. The number of hydrogen-bond acceptors (Lipinski definition) is 1. The van der Waals surface area contributed by atoms with Gasteiger partial charge in [0.2, 0.25) is 0 Å². The standard InChI is InChI=1S/C16H21ClOSi/c1-16(2,3)19(4,5)18-15-11-10-14(17)12-8-6-7-9-13(12)15/h6-11H,1-5H3. The number of fused-ring (bicyclic) bond motifs is 1. The monoisotopic (exact) mass is 292 g/mol. The average molecular weight is 293 g/mol. The number of halogens is 1. The topological polar surface area (TPSA) is 9.23 Å². The average Bonchev–Trinajstić information content (AvgIpc) is 2.32. The summed E-state index contributed by atoms with van der Waals surface area (Å²) in [5, 5.41) is 3.12. The van der Waals surface area contributed by atoms with Gasteiger partial charge in [-0.05, 0) is 30.3 Å². The van der Waals surface area contributed by atoms with E-state index in [9.17, 15) is 0 Å². The van der Waals surface area contributed by atoms with E-state index in [0.29, 0.717) is 0 Å². The van der Waals surface area contributed by atoms with Gasteiger partial charge in [0.1, 0.15) is 5.75 Å². The Labute approximate surface area is 121 Å². The van der Waals surface area contributed by atoms with Crippen LogP contribution >= 0.6 is 11.6 Å². The first kappa shape index (κ1) is 14.4. The Bertz CT molecular complexity index is 599. The Morgan fingerprint density at radius 2 is 1.53 bits per heavy atom. The van der Waals surface area contributed by atoms with Gasteiger partial charge in [-0.2, -0.15) is 0 Å². The fraction of sp³-hybridized carbons (Fsp3) is 0.375. The van der Waals surface area contributed by atoms with Gasteiger partial charge in [-0.3, -0.25) is 0 Å². The summed E-state index contributed by atoms with van der Waals surface area (Å²) in [6.45, 7) is 11.3. The second-order valence-electron chi connectivity index (χ2n) is 6.45. The lowest BCUT2D eigenvalue weighted by atomic mass is 10.1. The minimum Gasteiger partial charge on any atom is -0.543 e. The number of hydrogen-bond donors (Lipinski definition) is 0. The normalized spacial score (nSPS) is 12.7. The molecule has 0 spiro atoms. The molecule has 0 bridgehead atoms. The van der Waals surface area contributed by atoms with Crippen molar-refractivity contribution in [2.24, 2.45) is 0 Å². The number of rotatable bonds is 2. The summed E-state index contributed by atoms with van der Waals surface area (Å²) in [6, 6.07) is 12.1. The molecule has 3 heteroatoms. The van der Waals surface area contributed by atoms with Crippen molar-refractivity contribution in [2.75, 3.05) is 0 Å². The molecule has 0 unspecified atom stereocenters. The van der Waals surface area contributed by atoms with E-state index in [0.717, 1.165) is 21.5 Å². The Morgan fingerprint density at radius 1 is 0.947 bits per heavy atom. The van der Waals surface area contributed by atoms with Gasteiger partial charge in [-0.25, -0.2) is 0 Å². The highest BCUT2D eigenvalue weighted by atomic mass is 35.5. The van der Waals surface area contributed by atoms with Gasteiger partial charge in [0, 0.05) is 15.8 Å². The Morgan fingerprint density at radius 3 is 2.11 bits per heavy atom. The first-order chi connectivity index (χ1) is 8.72. The van der Waals surface area contributed by atoms with Crippen LogP contribution in [0.4, 0.5) is 0 Å². The van der Waals surface area contributed by atoms with Crippen LogP contribution in [0.15, 0.2) is 36.4 Å². The molecule has 19 heavy (non-hydrogen) atoms. The fourth-order valence-corrected chi connectivity index (χ4v) is 3.01. The summed E-state index contributed by atoms with van der Waals surface area (Å²) in [6.07, 6.45) is 0. The van der Waals surface area contributed by atoms with Gasteiger partial charge in [0.25, 0.3) is 8.32 Å². The van der Waals surface area contributed by atoms with E-state index in [2.05, 4.69) is 39.9 Å². The molecule has 0 radical (unpaired) electrons. The molecule has 0 amide bonds. The molecular weight excluding hydrogens is 272 g/mol. The smallest absolute Gasteiger partial charge is 0.250 e. The van der Waals surface area contributed by atoms with Crippen LogP contribution in [-0.4, -0.2) is 8.32 Å². The van der Waals surface area contributed by atoms with E-state index in [-0.39, 0.29) is 5.04 Å². The zero-order valence-electron chi connectivity index (χ0n) is 12.3. The maximum atomic E-state index is 6.41. The maximum absolute atomic E-state index is 6.41. The first-order valence-corrected chi connectivity index (χ1v) is 9.87. The van der Waals surface area contributed by atoms with Crippen molar-refractivity contribution >= 4 is 30.7 Å². The van der Waals surface area contributed by atoms with E-state index < -0.39 is 8.32 Å². The lowest BCUT2D eigenvalue weighted by Gasteiger charge is -2.36. The highest BCUT2D eigenvalue weighted by Gasteiger charge is 2.39. The minimum absolute atomic E-state index is 0.188. The van der Waals surface area contributed by atoms with Gasteiger partial charge < -0.3 is 4.43 Å². The third-order valence-corrected chi connectivity index (χ3v) is 8.67. The highest BCUT2D eigenvalue weighted by Crippen LogP contribution is 2.40. The third-order valence-electron chi connectivity index (χ3n) is 4.00. The van der Waals surface area contributed by atoms with Gasteiger partial charge >= 0.3 is 0 Å². The molecule has 0 saturated carbocycles. The molecule has 1 nitrogen and oxygen atoms in total. The predicted molar refractivity (Wildman–Crippen MR) is 86.8 cm³/mol. The van der Waals surface area contributed by atoms with Crippen molar-refractivity contribution in [1.82, 2.24) is 0 Å². The zero-order valence-corrected chi connectivity index (χ0v) is 14.0. The molecule has 0 saturated heterocycles. The predicted octanol–water partition coefficient (Wildman–Crippen LogP) is 5.88. The van der Waals surface area contributed by atoms with Crippen molar-refractivity contribution in [3.63, 3.8) is 0 Å². The lowest BCUT2D eigenvalue weighted by Crippen LogP contribution is -2.43. The van der Waals surface area contributed by atoms with Crippen LogP contribution in [0.3, 0.4) is 0 Å². The van der Waals surface area contributed by atoms with Crippen LogP contribution < -0.4 is 4.43 Å². The lowest BCUT2D eigenvalue weighted by molar-refractivity contribution is 0.496. The molecule has 0 aliphatic carbocycles. The molecule has 102 valence electrons. The van der Waals surface area contributed by atoms with Crippen molar-refractivity contribution in [3.05, 3.63) is 41.4 Å². The minimum atomic E-state index is -1.82. The summed E-state index contributed by atoms with van der Waals surface area (Å²) in [4.78, 5) is 0. The van der Waals surface area contributed by atoms with Crippen LogP contribution in [0.1, 0.15) is 20.8 Å². The van der Waals surface area contributed by atoms with Crippen molar-refractivity contribution in [3.8, 4) is 5.75 Å². The Hall–Kier alpha value is -0.993. The summed E-state index contributed by atoms with van der Waals surface area (Å²) >= 11 is 6.25. The molecule has 0 aliphatic heterocycles. The summed E-state index contributed by atoms with van der Waals surface area (Å²) in [5.74, 6) is 0.951. The van der Waals surface area contributed by atoms with Gasteiger partial charge in [0.05, 0.1) is 0 Å². The zero-order chi connectivity index (χ0) is 14.3. The van der Waals surface area contributed by atoms with Crippen LogP contribution in [-0.2, 0) is 0 Å². The third kappa shape index (κ3) is 2.80. The van der Waals surface area contributed by atoms with E-state index in [1.807, 2.05) is 30.3 Å². The van der Waals surface area contributed by atoms with E-state index in [4.69, 9.17) is 16.0 Å². The summed E-state index contributed by atoms with van der Waals surface area (Å²) < 4.78 is 6.41. The molecule has 0 fully saturated rings. The Balaban J connectivity index is 2.51. The van der Waals surface area contributed by atoms with Gasteiger partial charge in [0.15, 0.2) is 0 Å². The second-order valence-corrected chi connectivity index (χ2v) is 11.6. The Kier molecular flexibility index (Phi) is 3.67. The maximum Gasteiger partial charge on any atom is 0.250 e. The fourth-order valence-electron chi connectivity index (χ4n) is 1.75. The SMILES string of the molecule is CC(C)(C)[Si](C)(C)Oc1ccc(Cl)c2ccccc12. The molecule has 2 aromatic carbocycles. The molecular formula is C16H21ClOSi. The highest BCUT2D eigenvalue weighted by molar-refractivity contribution is 6.74. The van der Waals surface area contributed by atoms with Crippen LogP contribution in [0.5, 0.6) is 5.75 Å². The molecule has 0 N–H and O–H groups in total. The second kappa shape index (κ2) is 4.84. The number of benzene rings is 2. The van der Waals surface area contributed by atoms with E-state index in [1.165, 1.54) is 0 Å². The molecule has 2 rings (SSSR count). The summed E-state index contributed by atoms with van der Waals surface area (Å²) in [5.41, 5.74) is 0. The summed E-state index contributed by atoms with van der Waals surface area (Å²) in [7, 11) is -1.82. The molecule has 0 aromatic heterocycles. The largest absolute Gasteiger partial charge is 0.543 e. The molecule has 0 heterocycles. The van der Waals surface area contributed by atoms with Crippen LogP contribution in [0.25, 0.3) is 10.8 Å². The van der Waals surface area contributed by atoms with Crippen LogP contribution in [0, 0.1) is 0 Å².